The molecule has 1 heterocycles. The van der Waals surface area contributed by atoms with E-state index < -0.39 is 0 Å². The van der Waals surface area contributed by atoms with E-state index in [0.29, 0.717) is 12.0 Å². The Morgan fingerprint density at radius 1 is 1.22 bits per heavy atom. The minimum absolute atomic E-state index is 0.565. The van der Waals surface area contributed by atoms with Gasteiger partial charge in [0.2, 0.25) is 0 Å². The summed E-state index contributed by atoms with van der Waals surface area (Å²) in [7, 11) is 2.14. The summed E-state index contributed by atoms with van der Waals surface area (Å²) in [6, 6.07) is 0.622. The number of thiazole rings is 1. The fourth-order valence-corrected chi connectivity index (χ4v) is 3.84. The van der Waals surface area contributed by atoms with E-state index >= 15 is 0 Å². The standard InChI is InChI=1S/C14H20N2OS/c1-16(11-5-3-2-4-6-11)14-15-13(10-7-8-10)12(9-17)18-14/h9-11H,2-8H2,1H3. The number of nitrogens with zero attached hydrogens (tertiary/aromatic N) is 2. The second-order valence-electron chi connectivity index (χ2n) is 5.54. The number of aromatic nitrogens is 1. The molecule has 1 aromatic rings. The largest absolute Gasteiger partial charge is 0.348 e. The Kier molecular flexibility index (Phi) is 3.37. The van der Waals surface area contributed by atoms with Gasteiger partial charge in [0.15, 0.2) is 11.4 Å². The molecule has 0 N–H and O–H groups in total. The fraction of sp³-hybridized carbons (Fsp3) is 0.714. The predicted molar refractivity (Wildman–Crippen MR) is 74.8 cm³/mol. The Morgan fingerprint density at radius 2 is 1.94 bits per heavy atom. The van der Waals surface area contributed by atoms with Gasteiger partial charge in [-0.2, -0.15) is 0 Å². The molecular formula is C14H20N2OS. The smallest absolute Gasteiger partial charge is 0.186 e. The predicted octanol–water partition coefficient (Wildman–Crippen LogP) is 3.60. The van der Waals surface area contributed by atoms with Crippen LogP contribution < -0.4 is 4.90 Å². The van der Waals surface area contributed by atoms with E-state index in [1.54, 1.807) is 11.3 Å². The molecule has 0 radical (unpaired) electrons. The summed E-state index contributed by atoms with van der Waals surface area (Å²) < 4.78 is 0. The second-order valence-corrected chi connectivity index (χ2v) is 6.55. The molecule has 2 saturated carbocycles. The zero-order chi connectivity index (χ0) is 12.5. The third-order valence-corrected chi connectivity index (χ3v) is 5.25. The molecule has 0 amide bonds. The van der Waals surface area contributed by atoms with E-state index in [1.165, 1.54) is 44.9 Å². The Morgan fingerprint density at radius 3 is 2.56 bits per heavy atom. The molecule has 98 valence electrons. The molecule has 4 heteroatoms. The lowest BCUT2D eigenvalue weighted by molar-refractivity contribution is 0.112. The number of carbonyl (C=O) groups is 1. The molecule has 3 nitrogen and oxygen atoms in total. The van der Waals surface area contributed by atoms with Crippen LogP contribution in [0.4, 0.5) is 5.13 Å². The van der Waals surface area contributed by atoms with Crippen molar-refractivity contribution < 1.29 is 4.79 Å². The van der Waals surface area contributed by atoms with Crippen LogP contribution in [0.3, 0.4) is 0 Å². The average Bonchev–Trinajstić information content (AvgIpc) is 3.18. The van der Waals surface area contributed by atoms with Crippen LogP contribution in [0.5, 0.6) is 0 Å². The highest BCUT2D eigenvalue weighted by Crippen LogP contribution is 2.44. The zero-order valence-corrected chi connectivity index (χ0v) is 11.7. The van der Waals surface area contributed by atoms with Gasteiger partial charge in [0.25, 0.3) is 0 Å². The van der Waals surface area contributed by atoms with Gasteiger partial charge in [-0.25, -0.2) is 4.98 Å². The van der Waals surface area contributed by atoms with Gasteiger partial charge in [-0.1, -0.05) is 30.6 Å². The van der Waals surface area contributed by atoms with Gasteiger partial charge in [-0.3, -0.25) is 4.79 Å². The number of carbonyl (C=O) groups excluding carboxylic acids is 1. The van der Waals surface area contributed by atoms with Crippen molar-refractivity contribution >= 4 is 22.8 Å². The molecule has 0 bridgehead atoms. The molecule has 0 unspecified atom stereocenters. The molecule has 1 aromatic heterocycles. The quantitative estimate of drug-likeness (QED) is 0.779. The molecule has 2 aliphatic carbocycles. The van der Waals surface area contributed by atoms with E-state index in [-0.39, 0.29) is 0 Å². The van der Waals surface area contributed by atoms with E-state index in [0.717, 1.165) is 22.0 Å². The molecular weight excluding hydrogens is 244 g/mol. The number of anilines is 1. The topological polar surface area (TPSA) is 33.2 Å². The van der Waals surface area contributed by atoms with Crippen molar-refractivity contribution in [3.05, 3.63) is 10.6 Å². The van der Waals surface area contributed by atoms with Gasteiger partial charge < -0.3 is 4.90 Å². The zero-order valence-electron chi connectivity index (χ0n) is 10.9. The number of hydrogen-bond acceptors (Lipinski definition) is 4. The Bertz CT molecular complexity index is 433. The molecule has 3 rings (SSSR count). The monoisotopic (exact) mass is 264 g/mol. The molecule has 2 fully saturated rings. The van der Waals surface area contributed by atoms with Gasteiger partial charge in [0.1, 0.15) is 0 Å². The summed E-state index contributed by atoms with van der Waals surface area (Å²) in [4.78, 5) is 19.0. The highest BCUT2D eigenvalue weighted by atomic mass is 32.1. The van der Waals surface area contributed by atoms with E-state index in [2.05, 4.69) is 11.9 Å². The van der Waals surface area contributed by atoms with Crippen LogP contribution in [0.25, 0.3) is 0 Å². The van der Waals surface area contributed by atoms with Gasteiger partial charge in [-0.15, -0.1) is 0 Å². The summed E-state index contributed by atoms with van der Waals surface area (Å²) >= 11 is 1.58. The van der Waals surface area contributed by atoms with Crippen LogP contribution in [0, 0.1) is 0 Å². The van der Waals surface area contributed by atoms with Crippen molar-refractivity contribution in [1.29, 1.82) is 0 Å². The van der Waals surface area contributed by atoms with Gasteiger partial charge in [0, 0.05) is 19.0 Å². The summed E-state index contributed by atoms with van der Waals surface area (Å²) in [6.07, 6.45) is 9.97. The Hall–Kier alpha value is -0.900. The third kappa shape index (κ3) is 2.30. The first-order chi connectivity index (χ1) is 8.79. The van der Waals surface area contributed by atoms with E-state index in [1.807, 2.05) is 0 Å². The van der Waals surface area contributed by atoms with Crippen molar-refractivity contribution in [2.75, 3.05) is 11.9 Å². The fourth-order valence-electron chi connectivity index (χ4n) is 2.84. The molecule has 0 aliphatic heterocycles. The maximum atomic E-state index is 11.1. The Balaban J connectivity index is 1.79. The summed E-state index contributed by atoms with van der Waals surface area (Å²) in [6.45, 7) is 0. The minimum Gasteiger partial charge on any atom is -0.348 e. The number of rotatable bonds is 4. The van der Waals surface area contributed by atoms with Crippen molar-refractivity contribution in [3.8, 4) is 0 Å². The Labute approximate surface area is 112 Å². The molecule has 0 saturated heterocycles. The lowest BCUT2D eigenvalue weighted by Crippen LogP contribution is -2.33. The average molecular weight is 264 g/mol. The maximum absolute atomic E-state index is 11.1. The van der Waals surface area contributed by atoms with E-state index in [4.69, 9.17) is 4.98 Å². The maximum Gasteiger partial charge on any atom is 0.186 e. The molecule has 0 spiro atoms. The van der Waals surface area contributed by atoms with Crippen LogP contribution in [0.1, 0.15) is 66.2 Å². The first-order valence-corrected chi connectivity index (χ1v) is 7.80. The highest BCUT2D eigenvalue weighted by molar-refractivity contribution is 7.17. The minimum atomic E-state index is 0.565. The van der Waals surface area contributed by atoms with Crippen LogP contribution in [0.2, 0.25) is 0 Å². The SMILES string of the molecule is CN(c1nc(C2CC2)c(C=O)s1)C1CCCCC1. The van der Waals surface area contributed by atoms with Crippen molar-refractivity contribution in [1.82, 2.24) is 4.98 Å². The van der Waals surface area contributed by atoms with Gasteiger partial charge >= 0.3 is 0 Å². The summed E-state index contributed by atoms with van der Waals surface area (Å²) in [5.41, 5.74) is 1.06. The van der Waals surface area contributed by atoms with Gasteiger partial charge in [-0.05, 0) is 25.7 Å². The normalized spacial score (nSPS) is 20.9. The molecule has 2 aliphatic rings. The van der Waals surface area contributed by atoms with Crippen molar-refractivity contribution in [2.45, 2.75) is 56.9 Å². The summed E-state index contributed by atoms with van der Waals surface area (Å²) in [5.74, 6) is 0.565. The lowest BCUT2D eigenvalue weighted by atomic mass is 9.95. The van der Waals surface area contributed by atoms with Crippen molar-refractivity contribution in [3.63, 3.8) is 0 Å². The highest BCUT2D eigenvalue weighted by Gasteiger charge is 2.31. The number of aldehydes is 1. The van der Waals surface area contributed by atoms with Crippen LogP contribution >= 0.6 is 11.3 Å². The lowest BCUT2D eigenvalue weighted by Gasteiger charge is -2.30. The van der Waals surface area contributed by atoms with Crippen LogP contribution in [-0.4, -0.2) is 24.4 Å². The first-order valence-electron chi connectivity index (χ1n) is 6.98. The van der Waals surface area contributed by atoms with Crippen LogP contribution in [0.15, 0.2) is 0 Å². The number of hydrogen-bond donors (Lipinski definition) is 0. The van der Waals surface area contributed by atoms with Crippen LogP contribution in [-0.2, 0) is 0 Å². The third-order valence-electron chi connectivity index (χ3n) is 4.17. The molecule has 0 atom stereocenters. The first kappa shape index (κ1) is 12.2. The molecule has 18 heavy (non-hydrogen) atoms. The van der Waals surface area contributed by atoms with E-state index in [9.17, 15) is 4.79 Å². The van der Waals surface area contributed by atoms with Crippen molar-refractivity contribution in [2.24, 2.45) is 0 Å². The summed E-state index contributed by atoms with van der Waals surface area (Å²) in [5, 5.41) is 1.05. The second kappa shape index (κ2) is 5.00. The van der Waals surface area contributed by atoms with Gasteiger partial charge in [0.05, 0.1) is 10.6 Å². The molecule has 0 aromatic carbocycles.